The smallest absolute Gasteiger partial charge is 0.000975 e. The number of hydrogen-bond acceptors (Lipinski definition) is 2. The minimum absolute atomic E-state index is 1.01. The minimum Gasteiger partial charge on any atom is -0.306 e. The molecule has 0 radical (unpaired) electrons. The van der Waals surface area contributed by atoms with Gasteiger partial charge in [-0.05, 0) is 64.8 Å². The summed E-state index contributed by atoms with van der Waals surface area (Å²) >= 11 is 0. The van der Waals surface area contributed by atoms with Crippen LogP contribution in [0, 0.1) is 11.8 Å². The van der Waals surface area contributed by atoms with Crippen LogP contribution in [0.2, 0.25) is 0 Å². The highest BCUT2D eigenvalue weighted by Gasteiger charge is 2.29. The zero-order valence-corrected chi connectivity index (χ0v) is 9.00. The first-order valence-electron chi connectivity index (χ1n) is 5.63. The molecule has 2 aliphatic rings. The van der Waals surface area contributed by atoms with Crippen molar-refractivity contribution in [2.24, 2.45) is 11.8 Å². The van der Waals surface area contributed by atoms with E-state index in [1.165, 1.54) is 45.4 Å². The van der Waals surface area contributed by atoms with Gasteiger partial charge in [0.15, 0.2) is 0 Å². The summed E-state index contributed by atoms with van der Waals surface area (Å²) in [4.78, 5) is 4.96. The van der Waals surface area contributed by atoms with Crippen LogP contribution in [0.1, 0.15) is 19.3 Å². The number of hydrogen-bond donors (Lipinski definition) is 0. The lowest BCUT2D eigenvalue weighted by molar-refractivity contribution is 0.172. The van der Waals surface area contributed by atoms with Crippen molar-refractivity contribution in [3.05, 3.63) is 0 Å². The molecule has 76 valence electrons. The monoisotopic (exact) mass is 182 g/mol. The summed E-state index contributed by atoms with van der Waals surface area (Å²) in [5.74, 6) is 2.04. The van der Waals surface area contributed by atoms with E-state index in [2.05, 4.69) is 23.9 Å². The summed E-state index contributed by atoms with van der Waals surface area (Å²) in [7, 11) is 4.51. The van der Waals surface area contributed by atoms with Crippen LogP contribution in [-0.4, -0.2) is 50.1 Å². The molecule has 2 rings (SSSR count). The van der Waals surface area contributed by atoms with Gasteiger partial charge in [-0.1, -0.05) is 0 Å². The third-order valence-corrected chi connectivity index (χ3v) is 3.86. The Balaban J connectivity index is 1.81. The van der Waals surface area contributed by atoms with Crippen molar-refractivity contribution in [1.82, 2.24) is 9.80 Å². The van der Waals surface area contributed by atoms with E-state index in [1.54, 1.807) is 0 Å². The van der Waals surface area contributed by atoms with Crippen molar-refractivity contribution in [1.29, 1.82) is 0 Å². The molecule has 0 spiro atoms. The van der Waals surface area contributed by atoms with E-state index >= 15 is 0 Å². The molecule has 0 aromatic carbocycles. The van der Waals surface area contributed by atoms with Gasteiger partial charge in [-0.15, -0.1) is 0 Å². The van der Waals surface area contributed by atoms with Gasteiger partial charge < -0.3 is 9.80 Å². The van der Waals surface area contributed by atoms with Crippen LogP contribution < -0.4 is 0 Å². The molecule has 0 N–H and O–H groups in total. The molecule has 1 unspecified atom stereocenters. The molecule has 2 nitrogen and oxygen atoms in total. The van der Waals surface area contributed by atoms with E-state index in [-0.39, 0.29) is 0 Å². The van der Waals surface area contributed by atoms with E-state index in [0.717, 1.165) is 11.8 Å². The molecule has 2 aliphatic heterocycles. The lowest BCUT2D eigenvalue weighted by atomic mass is 9.84. The van der Waals surface area contributed by atoms with Gasteiger partial charge in [0.25, 0.3) is 0 Å². The zero-order valence-electron chi connectivity index (χ0n) is 9.00. The molecular formula is C11H22N2. The first-order chi connectivity index (χ1) is 6.25. The van der Waals surface area contributed by atoms with Crippen molar-refractivity contribution < 1.29 is 0 Å². The second kappa shape index (κ2) is 3.97. The molecular weight excluding hydrogens is 160 g/mol. The maximum Gasteiger partial charge on any atom is 0.000975 e. The Hall–Kier alpha value is -0.0800. The fourth-order valence-corrected chi connectivity index (χ4v) is 2.85. The lowest BCUT2D eigenvalue weighted by Crippen LogP contribution is -2.34. The molecule has 0 bridgehead atoms. The van der Waals surface area contributed by atoms with Gasteiger partial charge >= 0.3 is 0 Å². The van der Waals surface area contributed by atoms with E-state index in [1.807, 2.05) is 0 Å². The maximum atomic E-state index is 2.49. The Kier molecular flexibility index (Phi) is 2.89. The summed E-state index contributed by atoms with van der Waals surface area (Å²) in [6.07, 6.45) is 4.33. The average Bonchev–Trinajstić information content (AvgIpc) is 2.53. The van der Waals surface area contributed by atoms with Gasteiger partial charge in [0.1, 0.15) is 0 Å². The summed E-state index contributed by atoms with van der Waals surface area (Å²) in [6, 6.07) is 0. The van der Waals surface area contributed by atoms with Crippen molar-refractivity contribution in [2.75, 3.05) is 40.3 Å². The number of piperidine rings is 1. The third kappa shape index (κ3) is 2.23. The van der Waals surface area contributed by atoms with Gasteiger partial charge in [-0.2, -0.15) is 0 Å². The molecule has 13 heavy (non-hydrogen) atoms. The van der Waals surface area contributed by atoms with Gasteiger partial charge in [0.05, 0.1) is 0 Å². The van der Waals surface area contributed by atoms with E-state index in [4.69, 9.17) is 0 Å². The first kappa shape index (κ1) is 9.47. The number of nitrogens with zero attached hydrogens (tertiary/aromatic N) is 2. The predicted molar refractivity (Wildman–Crippen MR) is 55.8 cm³/mol. The lowest BCUT2D eigenvalue weighted by Gasteiger charge is -2.32. The Morgan fingerprint density at radius 2 is 1.31 bits per heavy atom. The summed E-state index contributed by atoms with van der Waals surface area (Å²) in [5.41, 5.74) is 0. The molecule has 2 heterocycles. The van der Waals surface area contributed by atoms with Crippen LogP contribution in [0.3, 0.4) is 0 Å². The Labute approximate surface area is 81.9 Å². The molecule has 2 heteroatoms. The average molecular weight is 182 g/mol. The molecule has 0 aliphatic carbocycles. The summed E-state index contributed by atoms with van der Waals surface area (Å²) in [6.45, 7) is 5.33. The Bertz CT molecular complexity index is 161. The van der Waals surface area contributed by atoms with Crippen LogP contribution in [0.25, 0.3) is 0 Å². The number of rotatable bonds is 1. The van der Waals surface area contributed by atoms with Crippen LogP contribution in [0.4, 0.5) is 0 Å². The largest absolute Gasteiger partial charge is 0.306 e. The van der Waals surface area contributed by atoms with Crippen molar-refractivity contribution >= 4 is 0 Å². The van der Waals surface area contributed by atoms with Crippen molar-refractivity contribution in [2.45, 2.75) is 19.3 Å². The van der Waals surface area contributed by atoms with E-state index in [0.29, 0.717) is 0 Å². The van der Waals surface area contributed by atoms with Crippen LogP contribution in [-0.2, 0) is 0 Å². The minimum atomic E-state index is 1.01. The molecule has 0 aromatic heterocycles. The normalized spacial score (nSPS) is 34.2. The quantitative estimate of drug-likeness (QED) is 0.603. The van der Waals surface area contributed by atoms with Gasteiger partial charge in [0.2, 0.25) is 0 Å². The summed E-state index contributed by atoms with van der Waals surface area (Å²) < 4.78 is 0. The second-order valence-corrected chi connectivity index (χ2v) is 4.95. The SMILES string of the molecule is CN1CCC(C2CCN(C)C2)CC1. The van der Waals surface area contributed by atoms with Crippen molar-refractivity contribution in [3.8, 4) is 0 Å². The fourth-order valence-electron chi connectivity index (χ4n) is 2.85. The first-order valence-corrected chi connectivity index (χ1v) is 5.63. The predicted octanol–water partition coefficient (Wildman–Crippen LogP) is 1.28. The number of likely N-dealkylation sites (tertiary alicyclic amines) is 2. The molecule has 0 aromatic rings. The van der Waals surface area contributed by atoms with Crippen LogP contribution in [0.15, 0.2) is 0 Å². The molecule has 2 saturated heterocycles. The Morgan fingerprint density at radius 3 is 1.85 bits per heavy atom. The zero-order chi connectivity index (χ0) is 9.26. The van der Waals surface area contributed by atoms with E-state index < -0.39 is 0 Å². The van der Waals surface area contributed by atoms with Crippen molar-refractivity contribution in [3.63, 3.8) is 0 Å². The van der Waals surface area contributed by atoms with Gasteiger partial charge in [-0.3, -0.25) is 0 Å². The molecule has 0 amide bonds. The van der Waals surface area contributed by atoms with Gasteiger partial charge in [0, 0.05) is 6.54 Å². The highest BCUT2D eigenvalue weighted by molar-refractivity contribution is 4.82. The molecule has 1 atom stereocenters. The Morgan fingerprint density at radius 1 is 0.769 bits per heavy atom. The fraction of sp³-hybridized carbons (Fsp3) is 1.00. The van der Waals surface area contributed by atoms with E-state index in [9.17, 15) is 0 Å². The molecule has 0 saturated carbocycles. The molecule has 2 fully saturated rings. The maximum absolute atomic E-state index is 2.49. The standard InChI is InChI=1S/C11H22N2/c1-12-6-3-10(4-7-12)11-5-8-13(2)9-11/h10-11H,3-9H2,1-2H3. The topological polar surface area (TPSA) is 6.48 Å². The highest BCUT2D eigenvalue weighted by Crippen LogP contribution is 2.30. The summed E-state index contributed by atoms with van der Waals surface area (Å²) in [5, 5.41) is 0. The van der Waals surface area contributed by atoms with Gasteiger partial charge in [-0.25, -0.2) is 0 Å². The highest BCUT2D eigenvalue weighted by atomic mass is 15.1. The van der Waals surface area contributed by atoms with Crippen LogP contribution >= 0.6 is 0 Å². The van der Waals surface area contributed by atoms with Crippen LogP contribution in [0.5, 0.6) is 0 Å². The third-order valence-electron chi connectivity index (χ3n) is 3.86. The second-order valence-electron chi connectivity index (χ2n) is 4.95.